The minimum absolute atomic E-state index is 0.00261. The van der Waals surface area contributed by atoms with Crippen molar-refractivity contribution < 1.29 is 4.79 Å². The van der Waals surface area contributed by atoms with Gasteiger partial charge in [-0.05, 0) is 41.5 Å². The number of imidazole rings is 1. The number of nitrogens with zero attached hydrogens (tertiary/aromatic N) is 4. The maximum Gasteiger partial charge on any atom is 0.333 e. The molecule has 2 heterocycles. The number of amides is 1. The van der Waals surface area contributed by atoms with Gasteiger partial charge in [-0.3, -0.25) is 14.2 Å². The second-order valence-electron chi connectivity index (χ2n) is 10.9. The van der Waals surface area contributed by atoms with Crippen molar-refractivity contribution in [1.82, 2.24) is 18.7 Å². The highest BCUT2D eigenvalue weighted by atomic mass is 16.2. The molecule has 0 spiro atoms. The molecule has 0 bridgehead atoms. The maximum atomic E-state index is 13.6. The highest BCUT2D eigenvalue weighted by Crippen LogP contribution is 2.31. The van der Waals surface area contributed by atoms with E-state index in [2.05, 4.69) is 31.1 Å². The number of hydrogen-bond acceptors (Lipinski definition) is 4. The number of carbonyl (C=O) groups excluding carboxylic acids is 1. The van der Waals surface area contributed by atoms with Crippen LogP contribution in [0.3, 0.4) is 0 Å². The van der Waals surface area contributed by atoms with E-state index in [0.29, 0.717) is 16.9 Å². The Balaban J connectivity index is 1.52. The van der Waals surface area contributed by atoms with E-state index in [9.17, 15) is 14.4 Å². The van der Waals surface area contributed by atoms with Crippen molar-refractivity contribution in [3.05, 3.63) is 92.9 Å². The van der Waals surface area contributed by atoms with Crippen LogP contribution in [0.4, 0.5) is 5.69 Å². The molecule has 0 unspecified atom stereocenters. The van der Waals surface area contributed by atoms with Crippen LogP contribution in [0.15, 0.2) is 70.5 Å². The lowest BCUT2D eigenvalue weighted by atomic mass is 9.87. The van der Waals surface area contributed by atoms with Crippen LogP contribution < -0.4 is 16.6 Å². The van der Waals surface area contributed by atoms with E-state index in [-0.39, 0.29) is 24.5 Å². The molecule has 37 heavy (non-hydrogen) atoms. The maximum absolute atomic E-state index is 13.6. The smallest absolute Gasteiger partial charge is 0.325 e. The van der Waals surface area contributed by atoms with Crippen LogP contribution in [-0.4, -0.2) is 24.6 Å². The van der Waals surface area contributed by atoms with Gasteiger partial charge in [0.2, 0.25) is 5.91 Å². The standard InChI is InChI=1S/C29H33N5O3/c1-29(2,3)21-13-15-22(16-14-21)31-24(35)18-33-27(36)25-26(30-19-34(25)23-11-7-8-12-23)32(28(33)37)17-20-9-5-4-6-10-20/h4-6,9-10,13-16,19,23H,7-8,11-12,17-18H2,1-3H3,(H,31,35). The molecular weight excluding hydrogens is 466 g/mol. The third-order valence-corrected chi connectivity index (χ3v) is 7.18. The lowest BCUT2D eigenvalue weighted by Crippen LogP contribution is -2.43. The molecule has 0 radical (unpaired) electrons. The summed E-state index contributed by atoms with van der Waals surface area (Å²) in [5.74, 6) is -0.430. The monoisotopic (exact) mass is 499 g/mol. The Morgan fingerprint density at radius 1 is 0.973 bits per heavy atom. The largest absolute Gasteiger partial charge is 0.333 e. The van der Waals surface area contributed by atoms with Gasteiger partial charge in [0.1, 0.15) is 6.54 Å². The molecule has 8 nitrogen and oxygen atoms in total. The van der Waals surface area contributed by atoms with Gasteiger partial charge in [-0.2, -0.15) is 0 Å². The fourth-order valence-electron chi connectivity index (χ4n) is 5.11. The Morgan fingerprint density at radius 2 is 1.65 bits per heavy atom. The summed E-state index contributed by atoms with van der Waals surface area (Å²) in [7, 11) is 0. The number of fused-ring (bicyclic) bond motifs is 1. The fraction of sp³-hybridized carbons (Fsp3) is 0.379. The summed E-state index contributed by atoms with van der Waals surface area (Å²) in [5, 5.41) is 2.84. The van der Waals surface area contributed by atoms with Crippen molar-refractivity contribution in [2.45, 2.75) is 71.0 Å². The van der Waals surface area contributed by atoms with Crippen molar-refractivity contribution in [2.24, 2.45) is 0 Å². The quantitative estimate of drug-likeness (QED) is 0.424. The zero-order valence-corrected chi connectivity index (χ0v) is 21.6. The molecule has 4 aromatic rings. The van der Waals surface area contributed by atoms with Gasteiger partial charge in [0.25, 0.3) is 5.56 Å². The Hall–Kier alpha value is -3.94. The van der Waals surface area contributed by atoms with E-state index in [4.69, 9.17) is 0 Å². The molecule has 8 heteroatoms. The van der Waals surface area contributed by atoms with Crippen LogP contribution >= 0.6 is 0 Å². The third-order valence-electron chi connectivity index (χ3n) is 7.18. The molecule has 0 atom stereocenters. The van der Waals surface area contributed by atoms with Crippen molar-refractivity contribution in [3.63, 3.8) is 0 Å². The van der Waals surface area contributed by atoms with Crippen LogP contribution in [0.2, 0.25) is 0 Å². The van der Waals surface area contributed by atoms with Crippen LogP contribution in [0, 0.1) is 0 Å². The van der Waals surface area contributed by atoms with Crippen molar-refractivity contribution in [2.75, 3.05) is 5.32 Å². The van der Waals surface area contributed by atoms with Gasteiger partial charge in [-0.25, -0.2) is 14.3 Å². The zero-order valence-electron chi connectivity index (χ0n) is 21.6. The molecule has 1 amide bonds. The summed E-state index contributed by atoms with van der Waals surface area (Å²) >= 11 is 0. The molecule has 192 valence electrons. The molecule has 0 saturated heterocycles. The van der Waals surface area contributed by atoms with Crippen molar-refractivity contribution in [1.29, 1.82) is 0 Å². The summed E-state index contributed by atoms with van der Waals surface area (Å²) < 4.78 is 4.45. The highest BCUT2D eigenvalue weighted by molar-refractivity contribution is 5.90. The molecule has 0 aliphatic heterocycles. The molecule has 1 N–H and O–H groups in total. The van der Waals surface area contributed by atoms with Crippen molar-refractivity contribution >= 4 is 22.8 Å². The number of rotatable bonds is 6. The van der Waals surface area contributed by atoms with E-state index in [1.807, 2.05) is 59.2 Å². The predicted molar refractivity (Wildman–Crippen MR) is 145 cm³/mol. The number of benzene rings is 2. The first-order chi connectivity index (χ1) is 17.7. The van der Waals surface area contributed by atoms with Gasteiger partial charge in [-0.15, -0.1) is 0 Å². The summed E-state index contributed by atoms with van der Waals surface area (Å²) in [6, 6.07) is 17.4. The Morgan fingerprint density at radius 3 is 2.30 bits per heavy atom. The van der Waals surface area contributed by atoms with E-state index < -0.39 is 17.2 Å². The minimum atomic E-state index is -0.545. The van der Waals surface area contributed by atoms with Crippen molar-refractivity contribution in [3.8, 4) is 0 Å². The number of anilines is 1. The molecule has 1 aliphatic carbocycles. The molecular formula is C29H33N5O3. The van der Waals surface area contributed by atoms with Gasteiger partial charge in [0.15, 0.2) is 11.2 Å². The summed E-state index contributed by atoms with van der Waals surface area (Å²) in [4.78, 5) is 44.7. The normalized spacial score (nSPS) is 14.4. The Bertz CT molecular complexity index is 1530. The first kappa shape index (κ1) is 24.7. The fourth-order valence-corrected chi connectivity index (χ4v) is 5.11. The van der Waals surface area contributed by atoms with Gasteiger partial charge in [0.05, 0.1) is 12.9 Å². The Labute approximate surface area is 215 Å². The minimum Gasteiger partial charge on any atom is -0.325 e. The summed E-state index contributed by atoms with van der Waals surface area (Å²) in [5.41, 5.74) is 2.39. The average Bonchev–Trinajstić information content (AvgIpc) is 3.55. The van der Waals surface area contributed by atoms with E-state index in [1.54, 1.807) is 6.33 Å². The van der Waals surface area contributed by atoms with Crippen LogP contribution in [0.1, 0.15) is 63.6 Å². The Kier molecular flexibility index (Phi) is 6.58. The zero-order chi connectivity index (χ0) is 26.2. The van der Waals surface area contributed by atoms with Gasteiger partial charge >= 0.3 is 5.69 Å². The van der Waals surface area contributed by atoms with Crippen LogP contribution in [-0.2, 0) is 23.3 Å². The van der Waals surface area contributed by atoms with Gasteiger partial charge in [-0.1, -0.05) is 76.1 Å². The number of aromatic nitrogens is 4. The molecule has 1 saturated carbocycles. The first-order valence-electron chi connectivity index (χ1n) is 12.9. The lowest BCUT2D eigenvalue weighted by molar-refractivity contribution is -0.116. The number of carbonyl (C=O) groups is 1. The van der Waals surface area contributed by atoms with E-state index in [0.717, 1.165) is 41.4 Å². The first-order valence-corrected chi connectivity index (χ1v) is 12.9. The molecule has 2 aromatic heterocycles. The molecule has 1 fully saturated rings. The number of hydrogen-bond donors (Lipinski definition) is 1. The molecule has 2 aromatic carbocycles. The van der Waals surface area contributed by atoms with E-state index in [1.165, 1.54) is 4.57 Å². The average molecular weight is 500 g/mol. The SMILES string of the molecule is CC(C)(C)c1ccc(NC(=O)Cn2c(=O)c3c(ncn3C3CCCC3)n(Cc3ccccc3)c2=O)cc1. The highest BCUT2D eigenvalue weighted by Gasteiger charge is 2.25. The second-order valence-corrected chi connectivity index (χ2v) is 10.9. The van der Waals surface area contributed by atoms with E-state index >= 15 is 0 Å². The lowest BCUT2D eigenvalue weighted by Gasteiger charge is -2.19. The second kappa shape index (κ2) is 9.84. The van der Waals surface area contributed by atoms with Crippen LogP contribution in [0.5, 0.6) is 0 Å². The van der Waals surface area contributed by atoms with Gasteiger partial charge in [0, 0.05) is 11.7 Å². The topological polar surface area (TPSA) is 90.9 Å². The predicted octanol–water partition coefficient (Wildman–Crippen LogP) is 4.46. The summed E-state index contributed by atoms with van der Waals surface area (Å²) in [6.07, 6.45) is 5.79. The molecule has 1 aliphatic rings. The molecule has 5 rings (SSSR count). The number of nitrogens with one attached hydrogen (secondary N) is 1. The summed E-state index contributed by atoms with van der Waals surface area (Å²) in [6.45, 7) is 6.26. The van der Waals surface area contributed by atoms with Crippen LogP contribution in [0.25, 0.3) is 11.2 Å². The third kappa shape index (κ3) is 5.01. The van der Waals surface area contributed by atoms with Gasteiger partial charge < -0.3 is 9.88 Å².